The van der Waals surface area contributed by atoms with Crippen LogP contribution in [0, 0.1) is 11.3 Å². The topological polar surface area (TPSA) is 73.2 Å². The van der Waals surface area contributed by atoms with Crippen LogP contribution in [0.25, 0.3) is 0 Å². The molecule has 0 unspecified atom stereocenters. The number of benzene rings is 1. The summed E-state index contributed by atoms with van der Waals surface area (Å²) < 4.78 is 26.3. The van der Waals surface area contributed by atoms with Crippen molar-refractivity contribution in [1.82, 2.24) is 9.62 Å². The molecule has 6 heteroatoms. The van der Waals surface area contributed by atoms with Gasteiger partial charge in [0.1, 0.15) is 0 Å². The second-order valence-corrected chi connectivity index (χ2v) is 6.20. The molecule has 0 radical (unpaired) electrons. The van der Waals surface area contributed by atoms with Crippen molar-refractivity contribution in [3.05, 3.63) is 29.8 Å². The molecule has 0 aromatic heterocycles. The maximum absolute atomic E-state index is 12.4. The highest BCUT2D eigenvalue weighted by molar-refractivity contribution is 7.89. The fourth-order valence-corrected chi connectivity index (χ4v) is 3.65. The van der Waals surface area contributed by atoms with Crippen molar-refractivity contribution in [1.29, 1.82) is 5.26 Å². The summed E-state index contributed by atoms with van der Waals surface area (Å²) in [6, 6.07) is 7.95. The van der Waals surface area contributed by atoms with Gasteiger partial charge >= 0.3 is 0 Å². The third-order valence-electron chi connectivity index (χ3n) is 3.03. The lowest BCUT2D eigenvalue weighted by molar-refractivity contribution is 0.284. The van der Waals surface area contributed by atoms with Crippen LogP contribution in [0.5, 0.6) is 0 Å². The van der Waals surface area contributed by atoms with Crippen molar-refractivity contribution >= 4 is 10.0 Å². The normalized spacial score (nSPS) is 21.4. The van der Waals surface area contributed by atoms with Gasteiger partial charge in [0, 0.05) is 25.7 Å². The van der Waals surface area contributed by atoms with Gasteiger partial charge in [0.25, 0.3) is 0 Å². The number of sulfonamides is 1. The summed E-state index contributed by atoms with van der Waals surface area (Å²) in [5.74, 6) is 0. The third kappa shape index (κ3) is 2.38. The Morgan fingerprint density at radius 2 is 2.06 bits per heavy atom. The predicted octanol–water partition coefficient (Wildman–Crippen LogP) is 0.541. The van der Waals surface area contributed by atoms with Gasteiger partial charge in [-0.3, -0.25) is 0 Å². The quantitative estimate of drug-likeness (QED) is 0.847. The number of nitrogens with one attached hydrogen (secondary N) is 1. The number of nitriles is 1. The Kier molecular flexibility index (Phi) is 3.66. The summed E-state index contributed by atoms with van der Waals surface area (Å²) in [6.07, 6.45) is 0. The van der Waals surface area contributed by atoms with Gasteiger partial charge < -0.3 is 5.32 Å². The van der Waals surface area contributed by atoms with Gasteiger partial charge in [0.2, 0.25) is 10.0 Å². The Balaban J connectivity index is 2.32. The Labute approximate surface area is 107 Å². The number of nitrogens with zero attached hydrogens (tertiary/aromatic N) is 2. The van der Waals surface area contributed by atoms with E-state index in [4.69, 9.17) is 5.26 Å². The van der Waals surface area contributed by atoms with Gasteiger partial charge in [0.05, 0.1) is 16.5 Å². The van der Waals surface area contributed by atoms with Crippen LogP contribution < -0.4 is 5.32 Å². The lowest BCUT2D eigenvalue weighted by Gasteiger charge is -2.32. The molecule has 18 heavy (non-hydrogen) atoms. The van der Waals surface area contributed by atoms with Crippen molar-refractivity contribution in [2.75, 3.05) is 19.6 Å². The lowest BCUT2D eigenvalue weighted by atomic mass is 10.2. The molecule has 1 aromatic rings. The second kappa shape index (κ2) is 5.06. The van der Waals surface area contributed by atoms with Crippen LogP contribution in [-0.2, 0) is 10.0 Å². The van der Waals surface area contributed by atoms with E-state index in [-0.39, 0.29) is 10.9 Å². The minimum Gasteiger partial charge on any atom is -0.314 e. The first kappa shape index (κ1) is 13.0. The van der Waals surface area contributed by atoms with Crippen LogP contribution in [0.1, 0.15) is 12.5 Å². The van der Waals surface area contributed by atoms with Gasteiger partial charge in [-0.2, -0.15) is 9.57 Å². The van der Waals surface area contributed by atoms with E-state index in [0.29, 0.717) is 25.2 Å². The highest BCUT2D eigenvalue weighted by atomic mass is 32.2. The van der Waals surface area contributed by atoms with E-state index in [1.807, 2.05) is 13.0 Å². The Morgan fingerprint density at radius 1 is 1.39 bits per heavy atom. The van der Waals surface area contributed by atoms with Crippen LogP contribution in [0.15, 0.2) is 29.2 Å². The molecule has 5 nitrogen and oxygen atoms in total. The molecular weight excluding hydrogens is 250 g/mol. The molecule has 1 atom stereocenters. The highest BCUT2D eigenvalue weighted by Gasteiger charge is 2.30. The molecule has 0 spiro atoms. The Bertz CT molecular complexity index is 560. The summed E-state index contributed by atoms with van der Waals surface area (Å²) in [5.41, 5.74) is 0.460. The van der Waals surface area contributed by atoms with Crippen molar-refractivity contribution in [3.63, 3.8) is 0 Å². The molecule has 1 aliphatic rings. The van der Waals surface area contributed by atoms with E-state index in [0.717, 1.165) is 0 Å². The molecule has 1 saturated heterocycles. The Morgan fingerprint density at radius 3 is 2.61 bits per heavy atom. The first-order valence-corrected chi connectivity index (χ1v) is 7.22. The fraction of sp³-hybridized carbons (Fsp3) is 0.417. The Hall–Kier alpha value is -1.42. The smallest absolute Gasteiger partial charge is 0.243 e. The fourth-order valence-electron chi connectivity index (χ4n) is 2.02. The van der Waals surface area contributed by atoms with E-state index < -0.39 is 10.0 Å². The number of rotatable bonds is 2. The van der Waals surface area contributed by atoms with Gasteiger partial charge in [-0.15, -0.1) is 0 Å². The molecule has 0 bridgehead atoms. The molecule has 96 valence electrons. The maximum Gasteiger partial charge on any atom is 0.243 e. The molecule has 2 rings (SSSR count). The number of hydrogen-bond donors (Lipinski definition) is 1. The van der Waals surface area contributed by atoms with Crippen molar-refractivity contribution in [2.45, 2.75) is 17.9 Å². The summed E-state index contributed by atoms with van der Waals surface area (Å²) in [7, 11) is -3.45. The molecule has 1 heterocycles. The van der Waals surface area contributed by atoms with E-state index in [1.165, 1.54) is 28.6 Å². The summed E-state index contributed by atoms with van der Waals surface area (Å²) in [4.78, 5) is 0.246. The monoisotopic (exact) mass is 265 g/mol. The lowest BCUT2D eigenvalue weighted by Crippen LogP contribution is -2.52. The van der Waals surface area contributed by atoms with E-state index in [2.05, 4.69) is 5.32 Å². The average Bonchev–Trinajstić information content (AvgIpc) is 2.39. The molecule has 0 saturated carbocycles. The zero-order chi connectivity index (χ0) is 13.2. The van der Waals surface area contributed by atoms with Crippen LogP contribution in [0.2, 0.25) is 0 Å². The molecule has 1 N–H and O–H groups in total. The second-order valence-electron chi connectivity index (χ2n) is 4.31. The molecule has 1 aliphatic heterocycles. The van der Waals surface area contributed by atoms with E-state index in [9.17, 15) is 8.42 Å². The standard InChI is InChI=1S/C12H15N3O2S/c1-10-9-14-6-7-15(10)18(16,17)12-4-2-11(8-13)3-5-12/h2-5,10,14H,6-7,9H2,1H3/t10-/m1/s1. The zero-order valence-electron chi connectivity index (χ0n) is 10.1. The number of hydrogen-bond acceptors (Lipinski definition) is 4. The van der Waals surface area contributed by atoms with Gasteiger partial charge in [-0.05, 0) is 31.2 Å². The predicted molar refractivity (Wildman–Crippen MR) is 67.4 cm³/mol. The first-order chi connectivity index (χ1) is 8.55. The molecule has 0 amide bonds. The van der Waals surface area contributed by atoms with Gasteiger partial charge in [-0.25, -0.2) is 8.42 Å². The largest absolute Gasteiger partial charge is 0.314 e. The SMILES string of the molecule is C[C@@H]1CNCCN1S(=O)(=O)c1ccc(C#N)cc1. The van der Waals surface area contributed by atoms with Gasteiger partial charge in [-0.1, -0.05) is 0 Å². The van der Waals surface area contributed by atoms with Crippen LogP contribution >= 0.6 is 0 Å². The third-order valence-corrected chi connectivity index (χ3v) is 5.06. The van der Waals surface area contributed by atoms with E-state index >= 15 is 0 Å². The van der Waals surface area contributed by atoms with Crippen LogP contribution in [0.3, 0.4) is 0 Å². The van der Waals surface area contributed by atoms with E-state index in [1.54, 1.807) is 0 Å². The van der Waals surface area contributed by atoms with Crippen LogP contribution in [0.4, 0.5) is 0 Å². The van der Waals surface area contributed by atoms with Crippen LogP contribution in [-0.4, -0.2) is 38.4 Å². The highest BCUT2D eigenvalue weighted by Crippen LogP contribution is 2.19. The summed E-state index contributed by atoms with van der Waals surface area (Å²) >= 11 is 0. The minimum atomic E-state index is -3.45. The molecule has 1 aromatic carbocycles. The van der Waals surface area contributed by atoms with Crippen molar-refractivity contribution < 1.29 is 8.42 Å². The molecule has 1 fully saturated rings. The average molecular weight is 265 g/mol. The molecule has 0 aliphatic carbocycles. The van der Waals surface area contributed by atoms with Gasteiger partial charge in [0.15, 0.2) is 0 Å². The zero-order valence-corrected chi connectivity index (χ0v) is 10.9. The van der Waals surface area contributed by atoms with Crippen molar-refractivity contribution in [3.8, 4) is 6.07 Å². The van der Waals surface area contributed by atoms with Crippen molar-refractivity contribution in [2.24, 2.45) is 0 Å². The summed E-state index contributed by atoms with van der Waals surface area (Å²) in [5, 5.41) is 11.9. The maximum atomic E-state index is 12.4. The number of piperazine rings is 1. The first-order valence-electron chi connectivity index (χ1n) is 5.78. The summed E-state index contributed by atoms with van der Waals surface area (Å²) in [6.45, 7) is 3.69. The molecular formula is C12H15N3O2S. The minimum absolute atomic E-state index is 0.0561.